The van der Waals surface area contributed by atoms with E-state index in [0.717, 1.165) is 27.8 Å². The van der Waals surface area contributed by atoms with Crippen molar-refractivity contribution in [2.75, 3.05) is 19.7 Å². The molecule has 0 radical (unpaired) electrons. The van der Waals surface area contributed by atoms with Crippen molar-refractivity contribution in [3.8, 4) is 0 Å². The molecule has 1 aromatic rings. The number of rotatable bonds is 3. The number of nitrogens with zero attached hydrogens (tertiary/aromatic N) is 2. The van der Waals surface area contributed by atoms with E-state index in [4.69, 9.17) is 10.5 Å². The van der Waals surface area contributed by atoms with Gasteiger partial charge < -0.3 is 10.5 Å². The van der Waals surface area contributed by atoms with Crippen molar-refractivity contribution in [1.29, 1.82) is 0 Å². The maximum Gasteiger partial charge on any atom is 0.0910 e. The predicted octanol–water partition coefficient (Wildman–Crippen LogP) is 2.47. The Balaban J connectivity index is 1.95. The predicted molar refractivity (Wildman–Crippen MR) is 80.9 cm³/mol. The summed E-state index contributed by atoms with van der Waals surface area (Å²) in [5.41, 5.74) is 6.92. The third kappa shape index (κ3) is 2.88. The summed E-state index contributed by atoms with van der Waals surface area (Å²) >= 11 is 7.07. The van der Waals surface area contributed by atoms with Crippen LogP contribution in [0.15, 0.2) is 21.2 Å². The molecule has 4 nitrogen and oxygen atoms in total. The average Bonchev–Trinajstić information content (AvgIpc) is 3.22. The van der Waals surface area contributed by atoms with Crippen molar-refractivity contribution in [3.05, 3.63) is 26.9 Å². The van der Waals surface area contributed by atoms with Gasteiger partial charge in [-0.1, -0.05) is 0 Å². The fourth-order valence-electron chi connectivity index (χ4n) is 2.74. The molecule has 3 rings (SSSR count). The monoisotopic (exact) mass is 389 g/mol. The van der Waals surface area contributed by atoms with Gasteiger partial charge in [0.05, 0.1) is 24.4 Å². The number of nitrogens with two attached hydrogens (primary N) is 1. The number of pyridine rings is 1. The normalized spacial score (nSPS) is 28.6. The van der Waals surface area contributed by atoms with Gasteiger partial charge in [-0.05, 0) is 50.8 Å². The zero-order valence-electron chi connectivity index (χ0n) is 10.6. The van der Waals surface area contributed by atoms with Gasteiger partial charge in [0.2, 0.25) is 0 Å². The third-order valence-electron chi connectivity index (χ3n) is 3.76. The van der Waals surface area contributed by atoms with Crippen LogP contribution in [0.4, 0.5) is 0 Å². The molecule has 2 N–H and O–H groups in total. The summed E-state index contributed by atoms with van der Waals surface area (Å²) in [5, 5.41) is 0. The van der Waals surface area contributed by atoms with Crippen molar-refractivity contribution < 1.29 is 4.74 Å². The van der Waals surface area contributed by atoms with E-state index < -0.39 is 0 Å². The average molecular weight is 391 g/mol. The Kier molecular flexibility index (Phi) is 4.24. The maximum absolute atomic E-state index is 5.89. The van der Waals surface area contributed by atoms with E-state index in [-0.39, 0.29) is 12.1 Å². The molecule has 104 valence electrons. The molecular formula is C13H17Br2N3O. The highest BCUT2D eigenvalue weighted by molar-refractivity contribution is 9.11. The second-order valence-electron chi connectivity index (χ2n) is 5.08. The molecule has 6 heteroatoms. The van der Waals surface area contributed by atoms with Gasteiger partial charge in [-0.3, -0.25) is 9.88 Å². The van der Waals surface area contributed by atoms with Gasteiger partial charge in [-0.25, -0.2) is 0 Å². The lowest BCUT2D eigenvalue weighted by atomic mass is 10.0. The van der Waals surface area contributed by atoms with Crippen LogP contribution in [0.25, 0.3) is 0 Å². The van der Waals surface area contributed by atoms with Crippen LogP contribution in [0.5, 0.6) is 0 Å². The summed E-state index contributed by atoms with van der Waals surface area (Å²) in [4.78, 5) is 7.11. The Labute approximate surface area is 130 Å². The molecule has 2 aliphatic rings. The molecule has 19 heavy (non-hydrogen) atoms. The van der Waals surface area contributed by atoms with Gasteiger partial charge in [0, 0.05) is 34.3 Å². The lowest BCUT2D eigenvalue weighted by Gasteiger charge is -2.41. The summed E-state index contributed by atoms with van der Waals surface area (Å²) < 4.78 is 7.84. The SMILES string of the molecule is NCC1OCCN(C2CC2)C1c1ncc(Br)cc1Br. The van der Waals surface area contributed by atoms with E-state index >= 15 is 0 Å². The van der Waals surface area contributed by atoms with Crippen LogP contribution >= 0.6 is 31.9 Å². The minimum atomic E-state index is 0.0272. The van der Waals surface area contributed by atoms with Gasteiger partial charge in [0.15, 0.2) is 0 Å². The van der Waals surface area contributed by atoms with Crippen molar-refractivity contribution in [1.82, 2.24) is 9.88 Å². The summed E-state index contributed by atoms with van der Waals surface area (Å²) in [6.07, 6.45) is 4.43. The van der Waals surface area contributed by atoms with Crippen LogP contribution in [0.3, 0.4) is 0 Å². The molecule has 1 aromatic heterocycles. The largest absolute Gasteiger partial charge is 0.374 e. The minimum absolute atomic E-state index is 0.0272. The first kappa shape index (κ1) is 13.9. The van der Waals surface area contributed by atoms with Crippen LogP contribution in [0.2, 0.25) is 0 Å². The second kappa shape index (κ2) is 5.77. The Morgan fingerprint density at radius 1 is 1.42 bits per heavy atom. The molecule has 0 aromatic carbocycles. The van der Waals surface area contributed by atoms with E-state index in [0.29, 0.717) is 12.6 Å². The third-order valence-corrected chi connectivity index (χ3v) is 4.82. The first-order chi connectivity index (χ1) is 9.20. The van der Waals surface area contributed by atoms with Crippen LogP contribution in [-0.4, -0.2) is 41.7 Å². The smallest absolute Gasteiger partial charge is 0.0910 e. The summed E-state index contributed by atoms with van der Waals surface area (Å²) in [7, 11) is 0. The van der Waals surface area contributed by atoms with Crippen molar-refractivity contribution >= 4 is 31.9 Å². The molecule has 2 unspecified atom stereocenters. The molecule has 1 saturated carbocycles. The Morgan fingerprint density at radius 3 is 2.84 bits per heavy atom. The highest BCUT2D eigenvalue weighted by Gasteiger charge is 2.42. The van der Waals surface area contributed by atoms with Gasteiger partial charge in [0.25, 0.3) is 0 Å². The molecule has 2 fully saturated rings. The summed E-state index contributed by atoms with van der Waals surface area (Å²) in [6.45, 7) is 2.26. The van der Waals surface area contributed by atoms with Crippen molar-refractivity contribution in [2.45, 2.75) is 31.0 Å². The van der Waals surface area contributed by atoms with Gasteiger partial charge in [-0.2, -0.15) is 0 Å². The summed E-state index contributed by atoms with van der Waals surface area (Å²) in [6, 6.07) is 2.88. The van der Waals surface area contributed by atoms with Crippen molar-refractivity contribution in [2.24, 2.45) is 5.73 Å². The number of morpholine rings is 1. The molecule has 2 atom stereocenters. The molecule has 1 aliphatic heterocycles. The number of hydrogen-bond acceptors (Lipinski definition) is 4. The molecule has 0 amide bonds. The van der Waals surface area contributed by atoms with Crippen molar-refractivity contribution in [3.63, 3.8) is 0 Å². The fourth-order valence-corrected chi connectivity index (χ4v) is 3.96. The first-order valence-corrected chi connectivity index (χ1v) is 8.17. The Bertz CT molecular complexity index is 467. The lowest BCUT2D eigenvalue weighted by molar-refractivity contribution is -0.0728. The Morgan fingerprint density at radius 2 is 2.21 bits per heavy atom. The number of ether oxygens (including phenoxy) is 1. The minimum Gasteiger partial charge on any atom is -0.374 e. The number of hydrogen-bond donors (Lipinski definition) is 1. The van der Waals surface area contributed by atoms with E-state index in [2.05, 4.69) is 41.7 Å². The molecule has 2 heterocycles. The van der Waals surface area contributed by atoms with Gasteiger partial charge in [0.1, 0.15) is 0 Å². The van der Waals surface area contributed by atoms with E-state index in [1.54, 1.807) is 0 Å². The fraction of sp³-hybridized carbons (Fsp3) is 0.615. The first-order valence-electron chi connectivity index (χ1n) is 6.59. The zero-order valence-corrected chi connectivity index (χ0v) is 13.7. The quantitative estimate of drug-likeness (QED) is 0.861. The van der Waals surface area contributed by atoms with E-state index in [1.165, 1.54) is 12.8 Å². The Hall–Kier alpha value is -0.0100. The molecule has 1 saturated heterocycles. The highest BCUT2D eigenvalue weighted by Crippen LogP contribution is 2.40. The molecule has 1 aliphatic carbocycles. The number of halogens is 2. The van der Waals surface area contributed by atoms with Gasteiger partial charge in [-0.15, -0.1) is 0 Å². The zero-order chi connectivity index (χ0) is 13.4. The standard InChI is InChI=1S/C13H17Br2N3O/c14-8-5-10(15)12(17-7-8)13-11(6-16)19-4-3-18(13)9-1-2-9/h5,7,9,11,13H,1-4,6,16H2. The van der Waals surface area contributed by atoms with Gasteiger partial charge >= 0.3 is 0 Å². The van der Waals surface area contributed by atoms with Crippen LogP contribution in [0.1, 0.15) is 24.6 Å². The second-order valence-corrected chi connectivity index (χ2v) is 6.85. The molecule has 0 spiro atoms. The highest BCUT2D eigenvalue weighted by atomic mass is 79.9. The van der Waals surface area contributed by atoms with Crippen LogP contribution in [0, 0.1) is 0 Å². The van der Waals surface area contributed by atoms with Crippen LogP contribution < -0.4 is 5.73 Å². The summed E-state index contributed by atoms with van der Waals surface area (Å²) in [5.74, 6) is 0. The molecular weight excluding hydrogens is 374 g/mol. The van der Waals surface area contributed by atoms with Crippen LogP contribution in [-0.2, 0) is 4.74 Å². The van der Waals surface area contributed by atoms with E-state index in [9.17, 15) is 0 Å². The van der Waals surface area contributed by atoms with E-state index in [1.807, 2.05) is 12.3 Å². The maximum atomic E-state index is 5.89. The molecule has 0 bridgehead atoms. The lowest BCUT2D eigenvalue weighted by Crippen LogP contribution is -2.49. The number of aromatic nitrogens is 1. The topological polar surface area (TPSA) is 51.4 Å².